The molecule has 1 amide bonds. The van der Waals surface area contributed by atoms with Gasteiger partial charge in [0.1, 0.15) is 5.75 Å². The fourth-order valence-corrected chi connectivity index (χ4v) is 5.06. The number of hydrogen-bond acceptors (Lipinski definition) is 9. The maximum absolute atomic E-state index is 13.4. The molecule has 1 N–H and O–H groups in total. The molecule has 0 aliphatic rings. The van der Waals surface area contributed by atoms with Crippen LogP contribution in [0, 0.1) is 10.8 Å². The van der Waals surface area contributed by atoms with E-state index in [2.05, 4.69) is 12.2 Å². The number of esters is 2. The average molecular weight is 722 g/mol. The summed E-state index contributed by atoms with van der Waals surface area (Å²) < 4.78 is 39.7. The Morgan fingerprint density at radius 3 is 1.92 bits per heavy atom. The third-order valence-electron chi connectivity index (χ3n) is 7.89. The fourth-order valence-electron chi connectivity index (χ4n) is 4.79. The minimum absolute atomic E-state index is 0.300. The molecule has 276 valence electrons. The maximum atomic E-state index is 13.4. The summed E-state index contributed by atoms with van der Waals surface area (Å²) in [7, 11) is -0.856. The van der Waals surface area contributed by atoms with Gasteiger partial charge in [0.15, 0.2) is 6.79 Å². The summed E-state index contributed by atoms with van der Waals surface area (Å²) >= 11 is 0. The third kappa shape index (κ3) is 13.5. The second-order valence-electron chi connectivity index (χ2n) is 14.4. The minimum atomic E-state index is -2.26. The molecule has 1 unspecified atom stereocenters. The zero-order chi connectivity index (χ0) is 37.5. The Morgan fingerprint density at radius 1 is 0.725 bits per heavy atom. The molecule has 1 atom stereocenters. The van der Waals surface area contributed by atoms with Crippen LogP contribution in [0.4, 0.5) is 5.69 Å². The molecule has 11 heteroatoms. The van der Waals surface area contributed by atoms with Crippen molar-refractivity contribution in [3.63, 3.8) is 0 Å². The van der Waals surface area contributed by atoms with E-state index in [-0.39, 0.29) is 12.3 Å². The molecule has 0 bridgehead atoms. The number of anilines is 1. The van der Waals surface area contributed by atoms with Gasteiger partial charge >= 0.3 is 26.6 Å². The summed E-state index contributed by atoms with van der Waals surface area (Å²) in [5, 5.41) is 2.90. The highest BCUT2D eigenvalue weighted by molar-refractivity contribution is 7.17. The van der Waals surface area contributed by atoms with Crippen molar-refractivity contribution in [1.29, 1.82) is 0 Å². The first-order chi connectivity index (χ1) is 24.2. The van der Waals surface area contributed by atoms with Crippen LogP contribution in [0.1, 0.15) is 103 Å². The second kappa shape index (κ2) is 19.5. The van der Waals surface area contributed by atoms with Crippen molar-refractivity contribution in [3.05, 3.63) is 83.9 Å². The topological polar surface area (TPSA) is 126 Å². The lowest BCUT2D eigenvalue weighted by Gasteiger charge is -2.33. The van der Waals surface area contributed by atoms with Crippen molar-refractivity contribution < 1.29 is 42.4 Å². The predicted octanol–water partition coefficient (Wildman–Crippen LogP) is 9.92. The summed E-state index contributed by atoms with van der Waals surface area (Å²) in [6, 6.07) is 21.9. The van der Waals surface area contributed by atoms with Gasteiger partial charge in [-0.2, -0.15) is 0 Å². The summed E-state index contributed by atoms with van der Waals surface area (Å²) in [5.74, 6) is -3.10. The number of carbonyl (C=O) groups excluding carboxylic acids is 3. The molecule has 0 saturated carbocycles. The van der Waals surface area contributed by atoms with Gasteiger partial charge in [-0.15, -0.1) is 0 Å². The zero-order valence-corrected chi connectivity index (χ0v) is 31.8. The standard InChI is InChI=1S/C40H52NO9P/c1-8-9-10-11-12-15-26-46-33-24-22-30(23-25-33)29-18-20-31(21-19-29)35(42)41-34-17-14-13-16-32(34)27-40(50-51-45,49-37(44)39(5,6)7)48-28-47-36(43)38(2,3)4/h13-14,16-25H,8-12,15,26-28H2,1-7H3,(H,41,42). The largest absolute Gasteiger partial charge is 0.494 e. The van der Waals surface area contributed by atoms with Gasteiger partial charge in [-0.1, -0.05) is 81.5 Å². The van der Waals surface area contributed by atoms with Gasteiger partial charge in [-0.25, -0.2) is 9.09 Å². The fraction of sp³-hybridized carbons (Fsp3) is 0.475. The number of ether oxygens (including phenoxy) is 4. The smallest absolute Gasteiger partial charge is 0.346 e. The summed E-state index contributed by atoms with van der Waals surface area (Å²) in [4.78, 5) is 38.8. The highest BCUT2D eigenvalue weighted by atomic mass is 31.1. The van der Waals surface area contributed by atoms with Crippen molar-refractivity contribution in [2.24, 2.45) is 10.8 Å². The molecule has 3 rings (SSSR count). The normalized spacial score (nSPS) is 12.9. The van der Waals surface area contributed by atoms with Gasteiger partial charge in [-0.05, 0) is 95.0 Å². The third-order valence-corrected chi connectivity index (χ3v) is 8.24. The number of benzene rings is 3. The van der Waals surface area contributed by atoms with Crippen molar-refractivity contribution in [2.45, 2.75) is 99.4 Å². The van der Waals surface area contributed by atoms with Crippen LogP contribution in [0.5, 0.6) is 5.75 Å². The Kier molecular flexibility index (Phi) is 15.8. The van der Waals surface area contributed by atoms with E-state index < -0.39 is 44.2 Å². The van der Waals surface area contributed by atoms with Gasteiger partial charge in [0.2, 0.25) is 0 Å². The Hall–Kier alpha value is -4.11. The first-order valence-electron chi connectivity index (χ1n) is 17.5. The lowest BCUT2D eigenvalue weighted by molar-refractivity contribution is -0.344. The first-order valence-corrected chi connectivity index (χ1v) is 18.2. The van der Waals surface area contributed by atoms with Crippen molar-refractivity contribution in [1.82, 2.24) is 0 Å². The van der Waals surface area contributed by atoms with Crippen LogP contribution in [-0.2, 0) is 39.3 Å². The lowest BCUT2D eigenvalue weighted by Crippen LogP contribution is -2.45. The van der Waals surface area contributed by atoms with Crippen molar-refractivity contribution in [3.8, 4) is 16.9 Å². The van der Waals surface area contributed by atoms with Crippen LogP contribution < -0.4 is 10.1 Å². The Bertz CT molecular complexity index is 1580. The monoisotopic (exact) mass is 721 g/mol. The molecule has 0 saturated heterocycles. The molecule has 3 aromatic carbocycles. The summed E-state index contributed by atoms with van der Waals surface area (Å²) in [6.45, 7) is 12.2. The molecule has 0 spiro atoms. The molecule has 51 heavy (non-hydrogen) atoms. The number of para-hydroxylation sites is 1. The van der Waals surface area contributed by atoms with Crippen molar-refractivity contribution >= 4 is 32.2 Å². The van der Waals surface area contributed by atoms with Crippen LogP contribution >= 0.6 is 8.69 Å². The molecule has 0 fully saturated rings. The van der Waals surface area contributed by atoms with Crippen LogP contribution in [-0.4, -0.2) is 37.2 Å². The molecule has 3 aromatic rings. The minimum Gasteiger partial charge on any atom is -0.494 e. The number of unbranched alkanes of at least 4 members (excludes halogenated alkanes) is 5. The van der Waals surface area contributed by atoms with E-state index in [9.17, 15) is 18.9 Å². The molecular weight excluding hydrogens is 669 g/mol. The van der Waals surface area contributed by atoms with E-state index in [1.165, 1.54) is 32.1 Å². The number of carbonyl (C=O) groups is 3. The first kappa shape index (κ1) is 41.3. The highest BCUT2D eigenvalue weighted by Gasteiger charge is 2.43. The Labute approximate surface area is 303 Å². The van der Waals surface area contributed by atoms with Crippen LogP contribution in [0.3, 0.4) is 0 Å². The molecule has 0 aromatic heterocycles. The molecule has 0 radical (unpaired) electrons. The van der Waals surface area contributed by atoms with E-state index in [1.54, 1.807) is 77.9 Å². The van der Waals surface area contributed by atoms with Gasteiger partial charge in [0.05, 0.1) is 23.9 Å². The van der Waals surface area contributed by atoms with Gasteiger partial charge in [0, 0.05) is 11.3 Å². The lowest BCUT2D eigenvalue weighted by atomic mass is 9.97. The van der Waals surface area contributed by atoms with E-state index in [0.717, 1.165) is 23.3 Å². The van der Waals surface area contributed by atoms with Crippen molar-refractivity contribution in [2.75, 3.05) is 18.7 Å². The van der Waals surface area contributed by atoms with E-state index >= 15 is 0 Å². The predicted molar refractivity (Wildman–Crippen MR) is 197 cm³/mol. The number of amides is 1. The molecule has 0 heterocycles. The maximum Gasteiger partial charge on any atom is 0.346 e. The van der Waals surface area contributed by atoms with Gasteiger partial charge in [-0.3, -0.25) is 19.1 Å². The molecule has 0 aliphatic carbocycles. The number of hydrogen-bond donors (Lipinski definition) is 1. The van der Waals surface area contributed by atoms with E-state index in [4.69, 9.17) is 23.5 Å². The molecule has 10 nitrogen and oxygen atoms in total. The molecule has 0 aliphatic heterocycles. The van der Waals surface area contributed by atoms with E-state index in [1.807, 2.05) is 36.4 Å². The van der Waals surface area contributed by atoms with Gasteiger partial charge in [0.25, 0.3) is 5.91 Å². The molecular formula is C40H52NO9P. The van der Waals surface area contributed by atoms with Gasteiger partial charge < -0.3 is 19.5 Å². The van der Waals surface area contributed by atoms with Crippen LogP contribution in [0.25, 0.3) is 11.1 Å². The Balaban J connectivity index is 1.72. The van der Waals surface area contributed by atoms with Crippen LogP contribution in [0.15, 0.2) is 72.8 Å². The number of nitrogens with one attached hydrogen (secondary N) is 1. The Morgan fingerprint density at radius 2 is 1.31 bits per heavy atom. The summed E-state index contributed by atoms with van der Waals surface area (Å²) in [5.41, 5.74) is 1.35. The zero-order valence-electron chi connectivity index (χ0n) is 30.9. The highest BCUT2D eigenvalue weighted by Crippen LogP contribution is 2.33. The second-order valence-corrected chi connectivity index (χ2v) is 14.8. The SMILES string of the molecule is CCCCCCCCOc1ccc(-c2ccc(C(=O)Nc3ccccc3CC(OCOC(=O)C(C)(C)C)(OP=O)OC(=O)C(C)(C)C)cc2)cc1. The number of rotatable bonds is 19. The van der Waals surface area contributed by atoms with E-state index in [0.29, 0.717) is 23.4 Å². The average Bonchev–Trinajstić information content (AvgIpc) is 3.08. The summed E-state index contributed by atoms with van der Waals surface area (Å²) in [6.07, 6.45) is 6.98. The quantitative estimate of drug-likeness (QED) is 0.0557. The van der Waals surface area contributed by atoms with Crippen LogP contribution in [0.2, 0.25) is 0 Å².